The number of hydrogen-bond acceptors (Lipinski definition) is 3. The Hall–Kier alpha value is -1.26. The summed E-state index contributed by atoms with van der Waals surface area (Å²) in [4.78, 5) is 11.0. The van der Waals surface area contributed by atoms with Crippen molar-refractivity contribution in [2.45, 2.75) is 19.4 Å². The van der Waals surface area contributed by atoms with Gasteiger partial charge in [-0.2, -0.15) is 0 Å². The number of ether oxygens (including phenoxy) is 1. The van der Waals surface area contributed by atoms with E-state index in [4.69, 9.17) is 16.3 Å². The predicted octanol–water partition coefficient (Wildman–Crippen LogP) is 1.96. The molecule has 0 aromatic heterocycles. The fourth-order valence-electron chi connectivity index (χ4n) is 1.52. The third kappa shape index (κ3) is 4.94. The van der Waals surface area contributed by atoms with Crippen LogP contribution in [0.25, 0.3) is 0 Å². The first-order chi connectivity index (χ1) is 8.67. The van der Waals surface area contributed by atoms with E-state index in [1.54, 1.807) is 7.05 Å². The van der Waals surface area contributed by atoms with Crippen molar-refractivity contribution in [3.63, 3.8) is 0 Å². The summed E-state index contributed by atoms with van der Waals surface area (Å²) >= 11 is 6.10. The highest BCUT2D eigenvalue weighted by Crippen LogP contribution is 2.25. The van der Waals surface area contributed by atoms with Gasteiger partial charge in [0.15, 0.2) is 0 Å². The standard InChI is InChI=1S/C13H19ClN2O2/c1-15-9-10-5-6-12(11(14)8-10)18-7-3-4-13(17)16-2/h5-6,8,15H,3-4,7,9H2,1-2H3,(H,16,17). The molecule has 0 spiro atoms. The number of carbonyl (C=O) groups excluding carboxylic acids is 1. The molecule has 0 aliphatic carbocycles. The second kappa shape index (κ2) is 7.95. The first-order valence-electron chi connectivity index (χ1n) is 5.93. The summed E-state index contributed by atoms with van der Waals surface area (Å²) in [5.74, 6) is 0.683. The van der Waals surface area contributed by atoms with Crippen molar-refractivity contribution in [1.29, 1.82) is 0 Å². The number of rotatable bonds is 7. The maximum Gasteiger partial charge on any atom is 0.219 e. The second-order valence-electron chi connectivity index (χ2n) is 3.92. The molecule has 0 saturated carbocycles. The van der Waals surface area contributed by atoms with Crippen LogP contribution >= 0.6 is 11.6 Å². The normalized spacial score (nSPS) is 10.2. The molecule has 0 fully saturated rings. The average Bonchev–Trinajstić information content (AvgIpc) is 2.36. The highest BCUT2D eigenvalue weighted by molar-refractivity contribution is 6.32. The van der Waals surface area contributed by atoms with E-state index < -0.39 is 0 Å². The quantitative estimate of drug-likeness (QED) is 0.745. The fraction of sp³-hybridized carbons (Fsp3) is 0.462. The molecule has 1 aromatic rings. The topological polar surface area (TPSA) is 50.4 Å². The Morgan fingerprint density at radius 1 is 1.39 bits per heavy atom. The van der Waals surface area contributed by atoms with E-state index in [1.165, 1.54) is 0 Å². The first kappa shape index (κ1) is 14.8. The zero-order valence-corrected chi connectivity index (χ0v) is 11.5. The van der Waals surface area contributed by atoms with Crippen molar-refractivity contribution in [2.75, 3.05) is 20.7 Å². The molecule has 0 aliphatic rings. The van der Waals surface area contributed by atoms with E-state index in [0.717, 1.165) is 12.1 Å². The molecule has 1 aromatic carbocycles. The van der Waals surface area contributed by atoms with Crippen LogP contribution < -0.4 is 15.4 Å². The Morgan fingerprint density at radius 2 is 2.17 bits per heavy atom. The highest BCUT2D eigenvalue weighted by atomic mass is 35.5. The molecule has 0 aliphatic heterocycles. The van der Waals surface area contributed by atoms with Crippen LogP contribution in [-0.2, 0) is 11.3 Å². The zero-order valence-electron chi connectivity index (χ0n) is 10.8. The lowest BCUT2D eigenvalue weighted by atomic mass is 10.2. The molecule has 0 heterocycles. The van der Waals surface area contributed by atoms with Crippen LogP contribution in [0.1, 0.15) is 18.4 Å². The third-order valence-electron chi connectivity index (χ3n) is 2.46. The molecular weight excluding hydrogens is 252 g/mol. The Labute approximate surface area is 113 Å². The molecule has 100 valence electrons. The van der Waals surface area contributed by atoms with Crippen LogP contribution in [0, 0.1) is 0 Å². The van der Waals surface area contributed by atoms with Crippen LogP contribution in [-0.4, -0.2) is 26.6 Å². The van der Waals surface area contributed by atoms with E-state index in [1.807, 2.05) is 25.2 Å². The summed E-state index contributed by atoms with van der Waals surface area (Å²) in [7, 11) is 3.51. The molecule has 5 heteroatoms. The zero-order chi connectivity index (χ0) is 13.4. The minimum absolute atomic E-state index is 0.0223. The molecule has 0 unspecified atom stereocenters. The summed E-state index contributed by atoms with van der Waals surface area (Å²) in [5, 5.41) is 6.23. The van der Waals surface area contributed by atoms with Gasteiger partial charge in [0.25, 0.3) is 0 Å². The molecule has 0 bridgehead atoms. The van der Waals surface area contributed by atoms with Gasteiger partial charge in [-0.1, -0.05) is 17.7 Å². The Balaban J connectivity index is 2.40. The summed E-state index contributed by atoms with van der Waals surface area (Å²) in [5.41, 5.74) is 1.11. The molecule has 4 nitrogen and oxygen atoms in total. The first-order valence-corrected chi connectivity index (χ1v) is 6.31. The minimum Gasteiger partial charge on any atom is -0.492 e. The SMILES string of the molecule is CNCc1ccc(OCCCC(=O)NC)c(Cl)c1. The third-order valence-corrected chi connectivity index (χ3v) is 2.76. The molecule has 2 N–H and O–H groups in total. The molecule has 0 radical (unpaired) electrons. The van der Waals surface area contributed by atoms with Gasteiger partial charge in [0.05, 0.1) is 11.6 Å². The lowest BCUT2D eigenvalue weighted by Crippen LogP contribution is -2.18. The van der Waals surface area contributed by atoms with Gasteiger partial charge in [0.1, 0.15) is 5.75 Å². The van der Waals surface area contributed by atoms with Crippen molar-refractivity contribution in [3.8, 4) is 5.75 Å². The van der Waals surface area contributed by atoms with Crippen LogP contribution in [0.5, 0.6) is 5.75 Å². The predicted molar refractivity (Wildman–Crippen MR) is 73.0 cm³/mol. The van der Waals surface area contributed by atoms with Crippen LogP contribution in [0.15, 0.2) is 18.2 Å². The van der Waals surface area contributed by atoms with Crippen molar-refractivity contribution in [1.82, 2.24) is 10.6 Å². The number of hydrogen-bond donors (Lipinski definition) is 2. The summed E-state index contributed by atoms with van der Waals surface area (Å²) in [6.45, 7) is 1.26. The number of carbonyl (C=O) groups is 1. The summed E-state index contributed by atoms with van der Waals surface area (Å²) < 4.78 is 5.53. The molecule has 1 rings (SSSR count). The highest BCUT2D eigenvalue weighted by Gasteiger charge is 2.03. The van der Waals surface area contributed by atoms with E-state index in [2.05, 4.69) is 10.6 Å². The molecule has 1 amide bonds. The maximum atomic E-state index is 11.0. The molecular formula is C13H19ClN2O2. The van der Waals surface area contributed by atoms with Gasteiger partial charge in [0.2, 0.25) is 5.91 Å². The average molecular weight is 271 g/mol. The lowest BCUT2D eigenvalue weighted by molar-refractivity contribution is -0.120. The number of benzene rings is 1. The number of amides is 1. The Bertz CT molecular complexity index is 397. The second-order valence-corrected chi connectivity index (χ2v) is 4.33. The van der Waals surface area contributed by atoms with E-state index in [9.17, 15) is 4.79 Å². The fourth-order valence-corrected chi connectivity index (χ4v) is 1.77. The summed E-state index contributed by atoms with van der Waals surface area (Å²) in [6, 6.07) is 5.71. The number of nitrogens with one attached hydrogen (secondary N) is 2. The van der Waals surface area contributed by atoms with Crippen molar-refractivity contribution < 1.29 is 9.53 Å². The Morgan fingerprint density at radius 3 is 2.78 bits per heavy atom. The lowest BCUT2D eigenvalue weighted by Gasteiger charge is -2.09. The Kier molecular flexibility index (Phi) is 6.54. The van der Waals surface area contributed by atoms with E-state index in [-0.39, 0.29) is 5.91 Å². The number of halogens is 1. The van der Waals surface area contributed by atoms with Crippen molar-refractivity contribution >= 4 is 17.5 Å². The van der Waals surface area contributed by atoms with Gasteiger partial charge in [-0.25, -0.2) is 0 Å². The molecule has 0 atom stereocenters. The van der Waals surface area contributed by atoms with Crippen LogP contribution in [0.2, 0.25) is 5.02 Å². The van der Waals surface area contributed by atoms with Gasteiger partial charge in [0, 0.05) is 20.0 Å². The van der Waals surface area contributed by atoms with Crippen LogP contribution in [0.3, 0.4) is 0 Å². The van der Waals surface area contributed by atoms with Gasteiger partial charge in [-0.15, -0.1) is 0 Å². The van der Waals surface area contributed by atoms with Crippen molar-refractivity contribution in [2.24, 2.45) is 0 Å². The van der Waals surface area contributed by atoms with Gasteiger partial charge >= 0.3 is 0 Å². The van der Waals surface area contributed by atoms with E-state index >= 15 is 0 Å². The molecule has 0 saturated heterocycles. The maximum absolute atomic E-state index is 11.0. The largest absolute Gasteiger partial charge is 0.492 e. The van der Waals surface area contributed by atoms with Crippen molar-refractivity contribution in [3.05, 3.63) is 28.8 Å². The van der Waals surface area contributed by atoms with E-state index in [0.29, 0.717) is 30.2 Å². The van der Waals surface area contributed by atoms with Gasteiger partial charge < -0.3 is 15.4 Å². The van der Waals surface area contributed by atoms with Gasteiger partial charge in [-0.3, -0.25) is 4.79 Å². The molecule has 18 heavy (non-hydrogen) atoms. The smallest absolute Gasteiger partial charge is 0.219 e. The minimum atomic E-state index is 0.0223. The van der Waals surface area contributed by atoms with Gasteiger partial charge in [-0.05, 0) is 31.2 Å². The summed E-state index contributed by atoms with van der Waals surface area (Å²) in [6.07, 6.45) is 1.14. The monoisotopic (exact) mass is 270 g/mol. The van der Waals surface area contributed by atoms with Crippen LogP contribution in [0.4, 0.5) is 0 Å².